The highest BCUT2D eigenvalue weighted by Gasteiger charge is 2.26. The molecule has 0 aliphatic carbocycles. The van der Waals surface area contributed by atoms with Crippen molar-refractivity contribution in [1.29, 1.82) is 0 Å². The molecule has 0 radical (unpaired) electrons. The number of amides is 1. The topological polar surface area (TPSA) is 34.5 Å². The van der Waals surface area contributed by atoms with Gasteiger partial charge in [-0.25, -0.2) is 4.39 Å². The Morgan fingerprint density at radius 1 is 0.939 bits per heavy atom. The molecule has 1 amide bonds. The molecule has 0 bridgehead atoms. The molecule has 1 aliphatic heterocycles. The molecule has 0 spiro atoms. The maximum absolute atomic E-state index is 13.7. The van der Waals surface area contributed by atoms with Gasteiger partial charge in [-0.15, -0.1) is 0 Å². The van der Waals surface area contributed by atoms with Crippen molar-refractivity contribution in [3.05, 3.63) is 107 Å². The van der Waals surface area contributed by atoms with E-state index >= 15 is 0 Å². The first-order valence-electron chi connectivity index (χ1n) is 11.0. The summed E-state index contributed by atoms with van der Waals surface area (Å²) in [6.45, 7) is 3.23. The fourth-order valence-electron chi connectivity index (χ4n) is 4.58. The summed E-state index contributed by atoms with van der Waals surface area (Å²) in [5.74, 6) is 0.444. The number of ether oxygens (including phenoxy) is 1. The minimum absolute atomic E-state index is 0.00649. The molecular formula is C28H25FN2O2. The first-order valence-corrected chi connectivity index (χ1v) is 11.0. The molecule has 5 heteroatoms. The second-order valence-corrected chi connectivity index (χ2v) is 8.32. The van der Waals surface area contributed by atoms with E-state index in [0.717, 1.165) is 34.8 Å². The lowest BCUT2D eigenvalue weighted by molar-refractivity contribution is 0.0734. The van der Waals surface area contributed by atoms with Gasteiger partial charge in [-0.3, -0.25) is 4.79 Å². The molecule has 0 saturated heterocycles. The maximum Gasteiger partial charge on any atom is 0.256 e. The Balaban J connectivity index is 1.60. The van der Waals surface area contributed by atoms with Crippen LogP contribution in [0.15, 0.2) is 78.9 Å². The number of carbonyl (C=O) groups is 1. The Morgan fingerprint density at radius 3 is 2.45 bits per heavy atom. The predicted molar refractivity (Wildman–Crippen MR) is 127 cm³/mol. The number of hydrogen-bond acceptors (Lipinski definition) is 2. The quantitative estimate of drug-likeness (QED) is 0.402. The van der Waals surface area contributed by atoms with E-state index in [9.17, 15) is 9.18 Å². The first kappa shape index (κ1) is 21.0. The molecule has 4 nitrogen and oxygen atoms in total. The van der Waals surface area contributed by atoms with E-state index in [0.29, 0.717) is 18.7 Å². The van der Waals surface area contributed by atoms with Crippen molar-refractivity contribution in [2.24, 2.45) is 0 Å². The van der Waals surface area contributed by atoms with Gasteiger partial charge in [0.15, 0.2) is 0 Å². The van der Waals surface area contributed by atoms with Crippen molar-refractivity contribution in [2.45, 2.75) is 19.9 Å². The van der Waals surface area contributed by atoms with Gasteiger partial charge in [-0.2, -0.15) is 0 Å². The van der Waals surface area contributed by atoms with Crippen molar-refractivity contribution in [3.8, 4) is 22.7 Å². The van der Waals surface area contributed by atoms with Crippen molar-refractivity contribution in [1.82, 2.24) is 9.47 Å². The number of carbonyl (C=O) groups excluding carboxylic acids is 1. The standard InChI is InChI=1S/C28H25FN2O2/c1-19-26(28(32)30-15-14-20-6-3-4-7-22(20)18-30)17-27(21-8-5-9-25(16-21)33-2)31(19)24-12-10-23(29)11-13-24/h3-13,16-17H,14-15,18H2,1-2H3. The van der Waals surface area contributed by atoms with Gasteiger partial charge in [0.1, 0.15) is 11.6 Å². The number of halogens is 1. The van der Waals surface area contributed by atoms with Gasteiger partial charge in [-0.1, -0.05) is 36.4 Å². The number of benzene rings is 3. The van der Waals surface area contributed by atoms with Gasteiger partial charge in [0.2, 0.25) is 0 Å². The van der Waals surface area contributed by atoms with Crippen molar-refractivity contribution < 1.29 is 13.9 Å². The van der Waals surface area contributed by atoms with Crippen LogP contribution in [0.5, 0.6) is 5.75 Å². The molecular weight excluding hydrogens is 415 g/mol. The van der Waals surface area contributed by atoms with Crippen LogP contribution in [0.1, 0.15) is 27.2 Å². The molecule has 2 heterocycles. The van der Waals surface area contributed by atoms with Gasteiger partial charge in [0, 0.05) is 30.0 Å². The van der Waals surface area contributed by atoms with Gasteiger partial charge in [0.25, 0.3) is 5.91 Å². The fourth-order valence-corrected chi connectivity index (χ4v) is 4.58. The molecule has 1 aromatic heterocycles. The van der Waals surface area contributed by atoms with E-state index in [4.69, 9.17) is 4.74 Å². The van der Waals surface area contributed by atoms with Gasteiger partial charge < -0.3 is 14.2 Å². The van der Waals surface area contributed by atoms with Crippen molar-refractivity contribution >= 4 is 5.91 Å². The number of nitrogens with zero attached hydrogens (tertiary/aromatic N) is 2. The predicted octanol–water partition coefficient (Wildman–Crippen LogP) is 5.80. The third kappa shape index (κ3) is 3.91. The average molecular weight is 441 g/mol. The zero-order valence-electron chi connectivity index (χ0n) is 18.7. The summed E-state index contributed by atoms with van der Waals surface area (Å²) < 4.78 is 21.1. The molecule has 5 rings (SSSR count). The van der Waals surface area contributed by atoms with E-state index in [1.54, 1.807) is 19.2 Å². The molecule has 3 aromatic carbocycles. The van der Waals surface area contributed by atoms with E-state index in [1.165, 1.54) is 23.3 Å². The highest BCUT2D eigenvalue weighted by Crippen LogP contribution is 2.33. The van der Waals surface area contributed by atoms with Gasteiger partial charge in [-0.05, 0) is 66.9 Å². The molecule has 33 heavy (non-hydrogen) atoms. The number of rotatable bonds is 4. The van der Waals surface area contributed by atoms with Crippen LogP contribution in [-0.4, -0.2) is 29.0 Å². The largest absolute Gasteiger partial charge is 0.497 e. The van der Waals surface area contributed by atoms with Crippen LogP contribution >= 0.6 is 0 Å². The molecule has 0 saturated carbocycles. The Morgan fingerprint density at radius 2 is 1.70 bits per heavy atom. The second kappa shape index (κ2) is 8.58. The second-order valence-electron chi connectivity index (χ2n) is 8.32. The van der Waals surface area contributed by atoms with Crippen molar-refractivity contribution in [3.63, 3.8) is 0 Å². The number of fused-ring (bicyclic) bond motifs is 1. The summed E-state index contributed by atoms with van der Waals surface area (Å²) in [4.78, 5) is 15.6. The molecule has 0 atom stereocenters. The highest BCUT2D eigenvalue weighted by molar-refractivity contribution is 5.97. The highest BCUT2D eigenvalue weighted by atomic mass is 19.1. The van der Waals surface area contributed by atoms with E-state index in [-0.39, 0.29) is 11.7 Å². The molecule has 166 valence electrons. The summed E-state index contributed by atoms with van der Waals surface area (Å²) in [6, 6.07) is 24.3. The fraction of sp³-hybridized carbons (Fsp3) is 0.179. The lowest BCUT2D eigenvalue weighted by Gasteiger charge is -2.29. The zero-order chi connectivity index (χ0) is 22.9. The van der Waals surface area contributed by atoms with Gasteiger partial charge >= 0.3 is 0 Å². The zero-order valence-corrected chi connectivity index (χ0v) is 18.7. The van der Waals surface area contributed by atoms with Gasteiger partial charge in [0.05, 0.1) is 18.4 Å². The van der Waals surface area contributed by atoms with Crippen LogP contribution in [0.25, 0.3) is 16.9 Å². The third-order valence-electron chi connectivity index (χ3n) is 6.35. The van der Waals surface area contributed by atoms with Crippen molar-refractivity contribution in [2.75, 3.05) is 13.7 Å². The molecule has 0 unspecified atom stereocenters. The SMILES string of the molecule is COc1cccc(-c2cc(C(=O)N3CCc4ccccc4C3)c(C)n2-c2ccc(F)cc2)c1. The van der Waals surface area contributed by atoms with Crippen LogP contribution in [0.3, 0.4) is 0 Å². The Kier molecular flexibility index (Phi) is 5.47. The lowest BCUT2D eigenvalue weighted by atomic mass is 9.99. The number of hydrogen-bond donors (Lipinski definition) is 0. The van der Waals surface area contributed by atoms with E-state index in [2.05, 4.69) is 12.1 Å². The summed E-state index contributed by atoms with van der Waals surface area (Å²) >= 11 is 0. The molecule has 0 N–H and O–H groups in total. The van der Waals surface area contributed by atoms with Crippen LogP contribution in [0.2, 0.25) is 0 Å². The van der Waals surface area contributed by atoms with Crippen LogP contribution in [0.4, 0.5) is 4.39 Å². The van der Waals surface area contributed by atoms with E-state index in [1.807, 2.05) is 58.9 Å². The van der Waals surface area contributed by atoms with E-state index < -0.39 is 0 Å². The number of aromatic nitrogens is 1. The monoisotopic (exact) mass is 440 g/mol. The Labute approximate surface area is 192 Å². The summed E-state index contributed by atoms with van der Waals surface area (Å²) in [6.07, 6.45) is 0.850. The average Bonchev–Trinajstić information content (AvgIpc) is 3.20. The molecule has 4 aromatic rings. The maximum atomic E-state index is 13.7. The Bertz CT molecular complexity index is 1320. The minimum atomic E-state index is -0.297. The summed E-state index contributed by atoms with van der Waals surface area (Å²) in [5, 5.41) is 0. The van der Waals surface area contributed by atoms with Crippen LogP contribution < -0.4 is 4.74 Å². The number of methoxy groups -OCH3 is 1. The molecule has 0 fully saturated rings. The lowest BCUT2D eigenvalue weighted by Crippen LogP contribution is -2.36. The molecule has 1 aliphatic rings. The third-order valence-corrected chi connectivity index (χ3v) is 6.35. The Hall–Kier alpha value is -3.86. The summed E-state index contributed by atoms with van der Waals surface area (Å²) in [7, 11) is 1.63. The smallest absolute Gasteiger partial charge is 0.256 e. The minimum Gasteiger partial charge on any atom is -0.497 e. The normalized spacial score (nSPS) is 13.0. The van der Waals surface area contributed by atoms with Crippen LogP contribution in [-0.2, 0) is 13.0 Å². The first-order chi connectivity index (χ1) is 16.0. The van der Waals surface area contributed by atoms with Crippen LogP contribution in [0, 0.1) is 12.7 Å². The summed E-state index contributed by atoms with van der Waals surface area (Å²) in [5.41, 5.74) is 6.55.